The number of hydrogen-bond donors (Lipinski definition) is 2. The van der Waals surface area contributed by atoms with E-state index in [9.17, 15) is 4.79 Å². The summed E-state index contributed by atoms with van der Waals surface area (Å²) in [4.78, 5) is 12.9. The van der Waals surface area contributed by atoms with Gasteiger partial charge >= 0.3 is 0 Å². The third-order valence-electron chi connectivity index (χ3n) is 2.91. The average molecular weight is 269 g/mol. The highest BCUT2D eigenvalue weighted by Gasteiger charge is 2.03. The smallest absolute Gasteiger partial charge is 0.220 e. The molecule has 0 radical (unpaired) electrons. The van der Waals surface area contributed by atoms with E-state index in [1.807, 2.05) is 13.0 Å². The number of aliphatic hydroxyl groups is 1. The van der Waals surface area contributed by atoms with Crippen molar-refractivity contribution in [2.75, 3.05) is 13.2 Å². The van der Waals surface area contributed by atoms with Gasteiger partial charge in [-0.3, -0.25) is 4.79 Å². The topological polar surface area (TPSA) is 49.3 Å². The van der Waals surface area contributed by atoms with Crippen molar-refractivity contribution < 1.29 is 9.90 Å². The number of carbonyl (C=O) groups excluding carboxylic acids is 1. The van der Waals surface area contributed by atoms with Gasteiger partial charge in [-0.1, -0.05) is 13.0 Å². The summed E-state index contributed by atoms with van der Waals surface area (Å²) < 4.78 is 0. The Morgan fingerprint density at radius 2 is 2.33 bits per heavy atom. The number of hydrogen-bond acceptors (Lipinski definition) is 3. The van der Waals surface area contributed by atoms with Gasteiger partial charge in [-0.15, -0.1) is 11.3 Å². The van der Waals surface area contributed by atoms with Crippen molar-refractivity contribution in [1.82, 2.24) is 5.32 Å². The number of aryl methyl sites for hydroxylation is 1. The molecule has 0 spiro atoms. The molecule has 2 N–H and O–H groups in total. The number of aliphatic hydroxyl groups excluding tert-OH is 1. The van der Waals surface area contributed by atoms with Crippen LogP contribution in [0.25, 0.3) is 0 Å². The van der Waals surface area contributed by atoms with E-state index in [0.717, 1.165) is 32.2 Å². The van der Waals surface area contributed by atoms with Crippen molar-refractivity contribution in [2.24, 2.45) is 5.92 Å². The SMILES string of the molecule is CC(CO)CCCNC(=O)CCCc1cccs1. The Morgan fingerprint density at radius 1 is 1.50 bits per heavy atom. The molecular weight excluding hydrogens is 246 g/mol. The first-order valence-electron chi connectivity index (χ1n) is 6.62. The van der Waals surface area contributed by atoms with Gasteiger partial charge in [-0.2, -0.15) is 0 Å². The minimum Gasteiger partial charge on any atom is -0.396 e. The van der Waals surface area contributed by atoms with Crippen LogP contribution in [-0.2, 0) is 11.2 Å². The summed E-state index contributed by atoms with van der Waals surface area (Å²) in [6.45, 7) is 2.97. The molecule has 1 aromatic heterocycles. The third kappa shape index (κ3) is 6.77. The van der Waals surface area contributed by atoms with E-state index >= 15 is 0 Å². The summed E-state index contributed by atoms with van der Waals surface area (Å²) in [6.07, 6.45) is 4.42. The number of amides is 1. The van der Waals surface area contributed by atoms with Crippen LogP contribution in [0, 0.1) is 5.92 Å². The van der Waals surface area contributed by atoms with Crippen molar-refractivity contribution in [2.45, 2.75) is 39.0 Å². The molecule has 0 saturated carbocycles. The molecule has 0 aliphatic rings. The Bertz CT molecular complexity index is 325. The molecule has 1 aromatic rings. The second-order valence-corrected chi connectivity index (χ2v) is 5.75. The van der Waals surface area contributed by atoms with E-state index in [2.05, 4.69) is 16.8 Å². The minimum absolute atomic E-state index is 0.142. The van der Waals surface area contributed by atoms with Crippen molar-refractivity contribution in [3.05, 3.63) is 22.4 Å². The molecule has 4 heteroatoms. The zero-order chi connectivity index (χ0) is 13.2. The van der Waals surface area contributed by atoms with Gasteiger partial charge in [0.1, 0.15) is 0 Å². The maximum atomic E-state index is 11.5. The zero-order valence-electron chi connectivity index (χ0n) is 11.0. The van der Waals surface area contributed by atoms with Gasteiger partial charge in [-0.25, -0.2) is 0 Å². The summed E-state index contributed by atoms with van der Waals surface area (Å²) in [5.74, 6) is 0.476. The molecule has 1 heterocycles. The molecule has 0 aliphatic carbocycles. The normalized spacial score (nSPS) is 12.3. The summed E-state index contributed by atoms with van der Waals surface area (Å²) >= 11 is 1.75. The maximum Gasteiger partial charge on any atom is 0.220 e. The Morgan fingerprint density at radius 3 is 3.00 bits per heavy atom. The molecule has 1 atom stereocenters. The van der Waals surface area contributed by atoms with Gasteiger partial charge in [0.25, 0.3) is 0 Å². The highest BCUT2D eigenvalue weighted by molar-refractivity contribution is 7.09. The molecule has 0 bridgehead atoms. The van der Waals surface area contributed by atoms with Crippen LogP contribution >= 0.6 is 11.3 Å². The Kier molecular flexibility index (Phi) is 7.69. The Hall–Kier alpha value is -0.870. The standard InChI is InChI=1S/C14H23NO2S/c1-12(11-16)5-3-9-15-14(17)8-2-6-13-7-4-10-18-13/h4,7,10,12,16H,2-3,5-6,8-9,11H2,1H3,(H,15,17). The van der Waals surface area contributed by atoms with Crippen LogP contribution in [0.2, 0.25) is 0 Å². The summed E-state index contributed by atoms with van der Waals surface area (Å²) in [5, 5.41) is 13.9. The van der Waals surface area contributed by atoms with Gasteiger partial charge in [0, 0.05) is 24.4 Å². The van der Waals surface area contributed by atoms with Crippen molar-refractivity contribution in [3.8, 4) is 0 Å². The summed E-state index contributed by atoms with van der Waals surface area (Å²) in [5.41, 5.74) is 0. The van der Waals surface area contributed by atoms with Crippen molar-refractivity contribution in [1.29, 1.82) is 0 Å². The molecule has 0 saturated heterocycles. The lowest BCUT2D eigenvalue weighted by molar-refractivity contribution is -0.121. The summed E-state index contributed by atoms with van der Waals surface area (Å²) in [7, 11) is 0. The minimum atomic E-state index is 0.142. The quantitative estimate of drug-likeness (QED) is 0.677. The first kappa shape index (κ1) is 15.2. The second-order valence-electron chi connectivity index (χ2n) is 4.71. The highest BCUT2D eigenvalue weighted by atomic mass is 32.1. The maximum absolute atomic E-state index is 11.5. The van der Waals surface area contributed by atoms with Crippen LogP contribution in [-0.4, -0.2) is 24.2 Å². The van der Waals surface area contributed by atoms with Gasteiger partial charge in [0.15, 0.2) is 0 Å². The predicted octanol–water partition coefficient (Wildman–Crippen LogP) is 2.60. The van der Waals surface area contributed by atoms with Crippen LogP contribution < -0.4 is 5.32 Å². The predicted molar refractivity (Wildman–Crippen MR) is 75.8 cm³/mol. The molecular formula is C14H23NO2S. The Labute approximate surface area is 113 Å². The summed E-state index contributed by atoms with van der Waals surface area (Å²) in [6, 6.07) is 4.15. The highest BCUT2D eigenvalue weighted by Crippen LogP contribution is 2.11. The lowest BCUT2D eigenvalue weighted by atomic mass is 10.1. The van der Waals surface area contributed by atoms with E-state index in [1.165, 1.54) is 4.88 Å². The third-order valence-corrected chi connectivity index (χ3v) is 3.85. The number of thiophene rings is 1. The first-order valence-corrected chi connectivity index (χ1v) is 7.50. The van der Waals surface area contributed by atoms with Crippen LogP contribution in [0.15, 0.2) is 17.5 Å². The molecule has 18 heavy (non-hydrogen) atoms. The second kappa shape index (κ2) is 9.11. The number of rotatable bonds is 9. The van der Waals surface area contributed by atoms with Gasteiger partial charge in [-0.05, 0) is 43.0 Å². The molecule has 1 rings (SSSR count). The lowest BCUT2D eigenvalue weighted by Crippen LogP contribution is -2.24. The van der Waals surface area contributed by atoms with Gasteiger partial charge in [0.2, 0.25) is 5.91 Å². The molecule has 0 aromatic carbocycles. The molecule has 1 amide bonds. The van der Waals surface area contributed by atoms with Crippen LogP contribution in [0.5, 0.6) is 0 Å². The van der Waals surface area contributed by atoms with Crippen LogP contribution in [0.4, 0.5) is 0 Å². The molecule has 1 unspecified atom stereocenters. The van der Waals surface area contributed by atoms with E-state index in [0.29, 0.717) is 12.3 Å². The average Bonchev–Trinajstić information content (AvgIpc) is 2.87. The number of nitrogens with one attached hydrogen (secondary N) is 1. The first-order chi connectivity index (χ1) is 8.72. The van der Waals surface area contributed by atoms with Crippen molar-refractivity contribution >= 4 is 17.2 Å². The fourth-order valence-corrected chi connectivity index (χ4v) is 2.49. The van der Waals surface area contributed by atoms with Gasteiger partial charge < -0.3 is 10.4 Å². The van der Waals surface area contributed by atoms with E-state index in [-0.39, 0.29) is 12.5 Å². The van der Waals surface area contributed by atoms with Crippen molar-refractivity contribution in [3.63, 3.8) is 0 Å². The molecule has 0 aliphatic heterocycles. The van der Waals surface area contributed by atoms with Crippen LogP contribution in [0.1, 0.15) is 37.5 Å². The monoisotopic (exact) mass is 269 g/mol. The fraction of sp³-hybridized carbons (Fsp3) is 0.643. The van der Waals surface area contributed by atoms with E-state index in [4.69, 9.17) is 5.11 Å². The Balaban J connectivity index is 1.97. The fourth-order valence-electron chi connectivity index (χ4n) is 1.74. The van der Waals surface area contributed by atoms with Crippen LogP contribution in [0.3, 0.4) is 0 Å². The largest absolute Gasteiger partial charge is 0.396 e. The lowest BCUT2D eigenvalue weighted by Gasteiger charge is -2.08. The molecule has 102 valence electrons. The van der Waals surface area contributed by atoms with E-state index < -0.39 is 0 Å². The molecule has 0 fully saturated rings. The molecule has 3 nitrogen and oxygen atoms in total. The van der Waals surface area contributed by atoms with E-state index in [1.54, 1.807) is 11.3 Å². The van der Waals surface area contributed by atoms with Gasteiger partial charge in [0.05, 0.1) is 0 Å². The number of carbonyl (C=O) groups is 1. The zero-order valence-corrected chi connectivity index (χ0v) is 11.8.